The molecule has 4 nitrogen and oxygen atoms in total. The third-order valence-corrected chi connectivity index (χ3v) is 4.15. The Balaban J connectivity index is 1.59. The first-order valence-corrected chi connectivity index (χ1v) is 9.24. The van der Waals surface area contributed by atoms with Crippen molar-refractivity contribution in [3.8, 4) is 0 Å². The lowest BCUT2D eigenvalue weighted by Gasteiger charge is -2.17. The lowest BCUT2D eigenvalue weighted by atomic mass is 10.1. The van der Waals surface area contributed by atoms with Crippen LogP contribution < -0.4 is 5.32 Å². The maximum absolute atomic E-state index is 11.8. The summed E-state index contributed by atoms with van der Waals surface area (Å²) in [6.07, 6.45) is 4.01. The van der Waals surface area contributed by atoms with Crippen molar-refractivity contribution in [2.75, 3.05) is 6.54 Å². The van der Waals surface area contributed by atoms with Gasteiger partial charge in [-0.2, -0.15) is 0 Å². The largest absolute Gasteiger partial charge is 0.457 e. The second-order valence-corrected chi connectivity index (χ2v) is 7.68. The average molecular weight is 362 g/mol. The van der Waals surface area contributed by atoms with Crippen LogP contribution in [0.1, 0.15) is 43.5 Å². The minimum Gasteiger partial charge on any atom is -0.457 e. The Labute approximate surface area is 161 Å². The van der Waals surface area contributed by atoms with E-state index in [1.54, 1.807) is 6.08 Å². The number of amidine groups is 1. The first kappa shape index (κ1) is 18.9. The van der Waals surface area contributed by atoms with Crippen molar-refractivity contribution in [1.82, 2.24) is 5.32 Å². The Hall–Kier alpha value is -2.88. The minimum absolute atomic E-state index is 0.247. The third-order valence-electron chi connectivity index (χ3n) is 4.15. The van der Waals surface area contributed by atoms with E-state index >= 15 is 0 Å². The Morgan fingerprint density at radius 1 is 1.19 bits per heavy atom. The van der Waals surface area contributed by atoms with E-state index in [4.69, 9.17) is 4.74 Å². The van der Waals surface area contributed by atoms with Crippen LogP contribution >= 0.6 is 0 Å². The first-order chi connectivity index (χ1) is 12.9. The van der Waals surface area contributed by atoms with Crippen molar-refractivity contribution in [3.05, 3.63) is 77.4 Å². The number of hydrogen-bond acceptors (Lipinski definition) is 4. The van der Waals surface area contributed by atoms with Gasteiger partial charge < -0.3 is 10.1 Å². The number of nitrogens with one attached hydrogen (secondary N) is 1. The number of benzene rings is 2. The van der Waals surface area contributed by atoms with Gasteiger partial charge in [-0.05, 0) is 43.5 Å². The van der Waals surface area contributed by atoms with Gasteiger partial charge in [-0.3, -0.25) is 4.99 Å². The lowest BCUT2D eigenvalue weighted by molar-refractivity contribution is -0.148. The molecule has 2 aromatic rings. The van der Waals surface area contributed by atoms with Gasteiger partial charge in [-0.15, -0.1) is 0 Å². The SMILES string of the molecule is CC(C)(C)OC(=O)/C=C/c1cccc(CC2=NCC(c3ccccc3)N2)c1. The molecule has 1 aliphatic rings. The highest BCUT2D eigenvalue weighted by Gasteiger charge is 2.19. The summed E-state index contributed by atoms with van der Waals surface area (Å²) >= 11 is 0. The number of nitrogens with zero attached hydrogens (tertiary/aromatic N) is 1. The predicted molar refractivity (Wildman–Crippen MR) is 110 cm³/mol. The highest BCUT2D eigenvalue weighted by Crippen LogP contribution is 2.18. The van der Waals surface area contributed by atoms with Crippen LogP contribution in [0.4, 0.5) is 0 Å². The molecular formula is C23H26N2O2. The molecule has 0 spiro atoms. The number of esters is 1. The van der Waals surface area contributed by atoms with E-state index in [9.17, 15) is 4.79 Å². The van der Waals surface area contributed by atoms with Gasteiger partial charge in [0.05, 0.1) is 12.6 Å². The molecule has 0 saturated carbocycles. The van der Waals surface area contributed by atoms with Gasteiger partial charge in [0.25, 0.3) is 0 Å². The monoisotopic (exact) mass is 362 g/mol. The van der Waals surface area contributed by atoms with E-state index in [2.05, 4.69) is 46.7 Å². The highest BCUT2D eigenvalue weighted by molar-refractivity contribution is 5.88. The summed E-state index contributed by atoms with van der Waals surface area (Å²) in [7, 11) is 0. The normalized spacial score (nSPS) is 16.9. The molecule has 27 heavy (non-hydrogen) atoms. The Kier molecular flexibility index (Phi) is 5.75. The van der Waals surface area contributed by atoms with Crippen molar-refractivity contribution >= 4 is 17.9 Å². The maximum atomic E-state index is 11.8. The molecule has 0 bridgehead atoms. The summed E-state index contributed by atoms with van der Waals surface area (Å²) in [6.45, 7) is 6.34. The molecule has 4 heteroatoms. The molecule has 1 N–H and O–H groups in total. The fraction of sp³-hybridized carbons (Fsp3) is 0.304. The van der Waals surface area contributed by atoms with Crippen molar-refractivity contribution in [2.45, 2.75) is 38.8 Å². The van der Waals surface area contributed by atoms with Crippen molar-refractivity contribution < 1.29 is 9.53 Å². The van der Waals surface area contributed by atoms with E-state index in [1.807, 2.05) is 39.0 Å². The Morgan fingerprint density at radius 3 is 2.70 bits per heavy atom. The van der Waals surface area contributed by atoms with Gasteiger partial charge in [0, 0.05) is 12.5 Å². The van der Waals surface area contributed by atoms with E-state index in [1.165, 1.54) is 11.6 Å². The molecule has 0 fully saturated rings. The van der Waals surface area contributed by atoms with Gasteiger partial charge in [0.15, 0.2) is 0 Å². The van der Waals surface area contributed by atoms with Gasteiger partial charge in [-0.1, -0.05) is 54.6 Å². The summed E-state index contributed by atoms with van der Waals surface area (Å²) in [6, 6.07) is 18.7. The maximum Gasteiger partial charge on any atom is 0.331 e. The van der Waals surface area contributed by atoms with Crippen molar-refractivity contribution in [3.63, 3.8) is 0 Å². The molecule has 0 saturated heterocycles. The second kappa shape index (κ2) is 8.21. The number of carbonyl (C=O) groups is 1. The molecule has 0 amide bonds. The topological polar surface area (TPSA) is 50.7 Å². The fourth-order valence-electron chi connectivity index (χ4n) is 2.98. The summed E-state index contributed by atoms with van der Waals surface area (Å²) in [5.74, 6) is 0.664. The summed E-state index contributed by atoms with van der Waals surface area (Å²) in [5, 5.41) is 3.51. The number of hydrogen-bond donors (Lipinski definition) is 1. The number of ether oxygens (including phenoxy) is 1. The molecule has 2 aromatic carbocycles. The predicted octanol–water partition coefficient (Wildman–Crippen LogP) is 4.33. The van der Waals surface area contributed by atoms with Crippen LogP contribution in [-0.2, 0) is 16.0 Å². The van der Waals surface area contributed by atoms with E-state index in [-0.39, 0.29) is 12.0 Å². The highest BCUT2D eigenvalue weighted by atomic mass is 16.6. The third kappa shape index (κ3) is 5.81. The molecule has 1 aliphatic heterocycles. The minimum atomic E-state index is -0.481. The molecule has 0 radical (unpaired) electrons. The van der Waals surface area contributed by atoms with Crippen molar-refractivity contribution in [2.24, 2.45) is 4.99 Å². The molecule has 140 valence electrons. The standard InChI is InChI=1S/C23H26N2O2/c1-23(2,3)27-22(26)13-12-17-8-7-9-18(14-17)15-21-24-16-20(25-21)19-10-5-4-6-11-19/h4-14,20H,15-16H2,1-3H3,(H,24,25)/b13-12+. The molecule has 0 aromatic heterocycles. The van der Waals surface area contributed by atoms with E-state index in [0.29, 0.717) is 0 Å². The fourth-order valence-corrected chi connectivity index (χ4v) is 2.98. The zero-order chi connectivity index (χ0) is 19.3. The second-order valence-electron chi connectivity index (χ2n) is 7.68. The zero-order valence-corrected chi connectivity index (χ0v) is 16.1. The number of carbonyl (C=O) groups excluding carboxylic acids is 1. The van der Waals surface area contributed by atoms with Gasteiger partial charge in [0.2, 0.25) is 0 Å². The summed E-state index contributed by atoms with van der Waals surface area (Å²) < 4.78 is 5.30. The number of aliphatic imine (C=N–C) groups is 1. The van der Waals surface area contributed by atoms with Crippen molar-refractivity contribution in [1.29, 1.82) is 0 Å². The molecular weight excluding hydrogens is 336 g/mol. The smallest absolute Gasteiger partial charge is 0.331 e. The van der Waals surface area contributed by atoms with Gasteiger partial charge in [-0.25, -0.2) is 4.79 Å². The lowest BCUT2D eigenvalue weighted by Crippen LogP contribution is -2.24. The van der Waals surface area contributed by atoms with Crippen LogP contribution in [0.3, 0.4) is 0 Å². The zero-order valence-electron chi connectivity index (χ0n) is 16.1. The Bertz CT molecular complexity index is 848. The Morgan fingerprint density at radius 2 is 1.96 bits per heavy atom. The first-order valence-electron chi connectivity index (χ1n) is 9.24. The molecule has 1 unspecified atom stereocenters. The number of rotatable bonds is 5. The molecule has 1 heterocycles. The van der Waals surface area contributed by atoms with Crippen LogP contribution in [0.5, 0.6) is 0 Å². The molecule has 0 aliphatic carbocycles. The quantitative estimate of drug-likeness (QED) is 0.636. The summed E-state index contributed by atoms with van der Waals surface area (Å²) in [5.41, 5.74) is 2.90. The van der Waals surface area contributed by atoms with E-state index in [0.717, 1.165) is 29.9 Å². The van der Waals surface area contributed by atoms with Crippen LogP contribution in [0.2, 0.25) is 0 Å². The van der Waals surface area contributed by atoms with Crippen LogP contribution in [-0.4, -0.2) is 24.0 Å². The van der Waals surface area contributed by atoms with E-state index < -0.39 is 5.60 Å². The molecule has 1 atom stereocenters. The molecule has 3 rings (SSSR count). The van der Waals surface area contributed by atoms with Crippen LogP contribution in [0.15, 0.2) is 65.7 Å². The summed E-state index contributed by atoms with van der Waals surface area (Å²) in [4.78, 5) is 16.5. The average Bonchev–Trinajstić information content (AvgIpc) is 3.08. The van der Waals surface area contributed by atoms with Gasteiger partial charge in [0.1, 0.15) is 11.4 Å². The van der Waals surface area contributed by atoms with Gasteiger partial charge >= 0.3 is 5.97 Å². The van der Waals surface area contributed by atoms with Crippen LogP contribution in [0.25, 0.3) is 6.08 Å². The van der Waals surface area contributed by atoms with Crippen LogP contribution in [0, 0.1) is 0 Å².